The zero-order valence-corrected chi connectivity index (χ0v) is 30.9. The van der Waals surface area contributed by atoms with Crippen LogP contribution in [0.25, 0.3) is 64.2 Å². The molecule has 12 heteroatoms. The second-order valence-electron chi connectivity index (χ2n) is 13.3. The van der Waals surface area contributed by atoms with Gasteiger partial charge in [-0.1, -0.05) is 66.2 Å². The molecule has 278 valence electrons. The van der Waals surface area contributed by atoms with Gasteiger partial charge in [0.05, 0.1) is 60.7 Å². The second-order valence-corrected chi connectivity index (χ2v) is 13.3. The van der Waals surface area contributed by atoms with Crippen molar-refractivity contribution in [2.24, 2.45) is 0 Å². The summed E-state index contributed by atoms with van der Waals surface area (Å²) in [6, 6.07) is 32.2. The minimum atomic E-state index is -4.98. The van der Waals surface area contributed by atoms with Crippen LogP contribution in [0.2, 0.25) is 0 Å². The Hall–Kier alpha value is -9.43. The third-order valence-electron chi connectivity index (χ3n) is 9.77. The van der Waals surface area contributed by atoms with Gasteiger partial charge in [0.25, 0.3) is 0 Å². The molecule has 0 saturated heterocycles. The summed E-state index contributed by atoms with van der Waals surface area (Å²) in [5.74, 6) is -0.533. The van der Waals surface area contributed by atoms with E-state index >= 15 is 0 Å². The molecule has 0 fully saturated rings. The maximum atomic E-state index is 13.2. The molecule has 0 bridgehead atoms. The van der Waals surface area contributed by atoms with Crippen LogP contribution in [0.15, 0.2) is 97.1 Å². The summed E-state index contributed by atoms with van der Waals surface area (Å²) in [6.07, 6.45) is -4.98. The molecule has 0 atom stereocenters. The molecule has 0 heterocycles. The summed E-state index contributed by atoms with van der Waals surface area (Å²) >= 11 is 0. The molecule has 0 N–H and O–H groups in total. The minimum absolute atomic E-state index is 0.00156. The second kappa shape index (κ2) is 15.2. The van der Waals surface area contributed by atoms with Crippen LogP contribution in [0.3, 0.4) is 0 Å². The monoisotopic (exact) mass is 780 g/mol. The van der Waals surface area contributed by atoms with Crippen LogP contribution in [-0.4, -0.2) is 6.36 Å². The molecule has 0 radical (unpaired) electrons. The standard InChI is InChI=1S/C48H19F3N8O/c1-26-6-8-30(9-7-26)43-44(40(24-54)31-17-33(56-2)19-34(18-31)57-3)38-20-36-37(21-39(38)47(43)59-5)45(46(58-4)32-15-27(22-52)14-28(16-32)23-53)42(41(36)25-55)29-10-12-35(13-11-29)60-48(49,50)51/h6-21H,1H3/b44-40-,46-45+. The molecule has 2 aliphatic rings. The third kappa shape index (κ3) is 6.75. The molecule has 0 amide bonds. The lowest BCUT2D eigenvalue weighted by Gasteiger charge is -2.15. The molecular formula is C48H19F3N8O. The summed E-state index contributed by atoms with van der Waals surface area (Å²) in [4.78, 5) is 14.8. The van der Waals surface area contributed by atoms with Gasteiger partial charge in [-0.15, -0.1) is 13.2 Å². The van der Waals surface area contributed by atoms with Crippen molar-refractivity contribution < 1.29 is 17.9 Å². The fourth-order valence-electron chi connectivity index (χ4n) is 7.34. The topological polar surface area (TPSA) is 122 Å². The van der Waals surface area contributed by atoms with Gasteiger partial charge in [0.15, 0.2) is 11.4 Å². The van der Waals surface area contributed by atoms with Crippen LogP contribution in [0, 0.1) is 78.5 Å². The molecule has 0 spiro atoms. The van der Waals surface area contributed by atoms with E-state index in [9.17, 15) is 34.2 Å². The number of benzene rings is 5. The molecular weight excluding hydrogens is 762 g/mol. The Morgan fingerprint density at radius 2 is 1.17 bits per heavy atom. The van der Waals surface area contributed by atoms with E-state index in [4.69, 9.17) is 26.3 Å². The molecule has 60 heavy (non-hydrogen) atoms. The zero-order chi connectivity index (χ0) is 42.9. The lowest BCUT2D eigenvalue weighted by molar-refractivity contribution is -0.274. The molecule has 5 aromatic carbocycles. The van der Waals surface area contributed by atoms with E-state index in [0.717, 1.165) is 17.7 Å². The van der Waals surface area contributed by atoms with Gasteiger partial charge in [0, 0.05) is 0 Å². The van der Waals surface area contributed by atoms with Crippen molar-refractivity contribution in [2.75, 3.05) is 0 Å². The van der Waals surface area contributed by atoms with Crippen LogP contribution in [0.5, 0.6) is 5.75 Å². The highest BCUT2D eigenvalue weighted by molar-refractivity contribution is 6.33. The van der Waals surface area contributed by atoms with Crippen molar-refractivity contribution in [1.29, 1.82) is 21.0 Å². The summed E-state index contributed by atoms with van der Waals surface area (Å²) in [5.41, 5.74) is 4.73. The number of hydrogen-bond donors (Lipinski definition) is 0. The first-order valence-electron chi connectivity index (χ1n) is 17.4. The van der Waals surface area contributed by atoms with Crippen LogP contribution in [0.4, 0.5) is 24.5 Å². The number of aryl methyl sites for hydroxylation is 1. The average Bonchev–Trinajstić information content (AvgIpc) is 3.74. The SMILES string of the molecule is [C-]#[N+]C1=C(c2ccc(C)cc2)/C(=C(/C#N)c2cc([N+]#[C-])cc([N+]#[C-])c2)c2cc3c(cc21)/C(=C(\[N+]#[C-])c1cc(C#N)cc(C#N)c1)C(c1ccc(OC(F)(F)F)cc1)=C3C#N. The highest BCUT2D eigenvalue weighted by Crippen LogP contribution is 2.56. The van der Waals surface area contributed by atoms with Gasteiger partial charge in [0.1, 0.15) is 17.9 Å². The Morgan fingerprint density at radius 3 is 1.68 bits per heavy atom. The predicted molar refractivity (Wildman–Crippen MR) is 217 cm³/mol. The number of fused-ring (bicyclic) bond motifs is 2. The van der Waals surface area contributed by atoms with Crippen molar-refractivity contribution >= 4 is 56.2 Å². The van der Waals surface area contributed by atoms with E-state index < -0.39 is 12.1 Å². The lowest BCUT2D eigenvalue weighted by Crippen LogP contribution is -2.17. The van der Waals surface area contributed by atoms with Crippen LogP contribution >= 0.6 is 0 Å². The van der Waals surface area contributed by atoms with Crippen LogP contribution in [-0.2, 0) is 0 Å². The van der Waals surface area contributed by atoms with E-state index in [1.54, 1.807) is 24.3 Å². The molecule has 0 saturated carbocycles. The predicted octanol–water partition coefficient (Wildman–Crippen LogP) is 12.2. The van der Waals surface area contributed by atoms with Gasteiger partial charge in [-0.2, -0.15) is 21.0 Å². The summed E-state index contributed by atoms with van der Waals surface area (Å²) in [5, 5.41) is 41.5. The van der Waals surface area contributed by atoms with E-state index in [-0.39, 0.29) is 84.0 Å². The number of hydrogen-bond acceptors (Lipinski definition) is 5. The quantitative estimate of drug-likeness (QED) is 0.130. The van der Waals surface area contributed by atoms with Crippen molar-refractivity contribution in [3.05, 3.63) is 204 Å². The highest BCUT2D eigenvalue weighted by atomic mass is 19.4. The summed E-state index contributed by atoms with van der Waals surface area (Å²) in [6.45, 7) is 34.2. The van der Waals surface area contributed by atoms with E-state index in [1.165, 1.54) is 48.5 Å². The Balaban J connectivity index is 1.63. The van der Waals surface area contributed by atoms with Gasteiger partial charge in [0.2, 0.25) is 11.4 Å². The molecule has 0 unspecified atom stereocenters. The number of nitrogens with zero attached hydrogens (tertiary/aromatic N) is 8. The van der Waals surface area contributed by atoms with E-state index in [2.05, 4.69) is 36.3 Å². The van der Waals surface area contributed by atoms with Crippen molar-refractivity contribution in [3.63, 3.8) is 0 Å². The molecule has 5 aromatic rings. The lowest BCUT2D eigenvalue weighted by atomic mass is 9.87. The molecule has 7 rings (SSSR count). The zero-order valence-electron chi connectivity index (χ0n) is 30.9. The van der Waals surface area contributed by atoms with E-state index in [1.807, 2.05) is 31.2 Å². The average molecular weight is 781 g/mol. The number of allylic oxidation sites excluding steroid dienone is 6. The van der Waals surface area contributed by atoms with Gasteiger partial charge in [-0.25, -0.2) is 19.4 Å². The first-order valence-corrected chi connectivity index (χ1v) is 17.4. The molecule has 2 aliphatic carbocycles. The Labute approximate surface area is 341 Å². The molecule has 0 aromatic heterocycles. The van der Waals surface area contributed by atoms with Crippen molar-refractivity contribution in [3.8, 4) is 30.0 Å². The van der Waals surface area contributed by atoms with Crippen molar-refractivity contribution in [1.82, 2.24) is 0 Å². The smallest absolute Gasteiger partial charge is 0.406 e. The fraction of sp³-hybridized carbons (Fsp3) is 0.0417. The van der Waals surface area contributed by atoms with Gasteiger partial charge in [-0.3, -0.25) is 0 Å². The number of alkyl halides is 3. The van der Waals surface area contributed by atoms with Crippen LogP contribution in [0.1, 0.15) is 61.2 Å². The Kier molecular flexibility index (Phi) is 9.87. The minimum Gasteiger partial charge on any atom is -0.406 e. The number of nitriles is 4. The summed E-state index contributed by atoms with van der Waals surface area (Å²) < 4.78 is 43.6. The fourth-order valence-corrected chi connectivity index (χ4v) is 7.34. The number of halogens is 3. The van der Waals surface area contributed by atoms with Gasteiger partial charge >= 0.3 is 6.36 Å². The normalized spacial score (nSPS) is 14.1. The highest BCUT2D eigenvalue weighted by Gasteiger charge is 2.38. The number of ether oxygens (including phenoxy) is 1. The third-order valence-corrected chi connectivity index (χ3v) is 9.77. The Bertz CT molecular complexity index is 3170. The van der Waals surface area contributed by atoms with Crippen LogP contribution < -0.4 is 4.74 Å². The molecule has 0 aliphatic heterocycles. The van der Waals surface area contributed by atoms with Gasteiger partial charge < -0.3 is 4.74 Å². The Morgan fingerprint density at radius 1 is 0.600 bits per heavy atom. The summed E-state index contributed by atoms with van der Waals surface area (Å²) in [7, 11) is 0. The largest absolute Gasteiger partial charge is 0.573 e. The van der Waals surface area contributed by atoms with Crippen molar-refractivity contribution in [2.45, 2.75) is 13.3 Å². The maximum absolute atomic E-state index is 13.2. The first kappa shape index (κ1) is 38.8. The number of rotatable bonds is 5. The maximum Gasteiger partial charge on any atom is 0.573 e. The van der Waals surface area contributed by atoms with Gasteiger partial charge in [-0.05, 0) is 110 Å². The molecule has 9 nitrogen and oxygen atoms in total. The first-order chi connectivity index (χ1) is 28.9. The van der Waals surface area contributed by atoms with E-state index in [0.29, 0.717) is 27.8 Å².